The normalized spacial score (nSPS) is 19.5. The highest BCUT2D eigenvalue weighted by Crippen LogP contribution is 2.35. The SMILES string of the molecule is O=C(O)CC1C(CC(C(=O)COc2ccccc2)S(=O)(=O)c2ccccc2)=CCC1O. The number of aliphatic hydroxyl groups excluding tert-OH is 1. The molecule has 0 aromatic heterocycles. The predicted octanol–water partition coefficient (Wildman–Crippen LogP) is 2.65. The fraction of sp³-hybridized carbons (Fsp3) is 0.304. The number of benzene rings is 2. The maximum absolute atomic E-state index is 13.3. The van der Waals surface area contributed by atoms with Gasteiger partial charge in [-0.15, -0.1) is 0 Å². The Morgan fingerprint density at radius 1 is 1.03 bits per heavy atom. The second kappa shape index (κ2) is 9.89. The van der Waals surface area contributed by atoms with Crippen molar-refractivity contribution in [2.75, 3.05) is 6.61 Å². The van der Waals surface area contributed by atoms with E-state index in [1.807, 2.05) is 0 Å². The molecule has 2 N–H and O–H groups in total. The Kier molecular flexibility index (Phi) is 7.25. The standard InChI is InChI=1S/C23H24O7S/c24-20-12-11-16(19(20)14-23(26)27)13-22(31(28,29)18-9-5-2-6-10-18)21(25)15-30-17-7-3-1-4-8-17/h1-11,19-20,22,24H,12-15H2,(H,26,27). The first-order valence-corrected chi connectivity index (χ1v) is 11.4. The molecular weight excluding hydrogens is 420 g/mol. The zero-order valence-electron chi connectivity index (χ0n) is 16.8. The van der Waals surface area contributed by atoms with Crippen molar-refractivity contribution in [3.63, 3.8) is 0 Å². The third kappa shape index (κ3) is 5.59. The molecule has 3 unspecified atom stereocenters. The Balaban J connectivity index is 1.87. The van der Waals surface area contributed by atoms with E-state index in [2.05, 4.69) is 0 Å². The monoisotopic (exact) mass is 444 g/mol. The molecule has 1 aliphatic rings. The Hall–Kier alpha value is -2.97. The van der Waals surface area contributed by atoms with Gasteiger partial charge in [0.25, 0.3) is 0 Å². The van der Waals surface area contributed by atoms with Crippen LogP contribution in [-0.4, -0.2) is 48.3 Å². The molecule has 3 rings (SSSR count). The molecule has 31 heavy (non-hydrogen) atoms. The summed E-state index contributed by atoms with van der Waals surface area (Å²) in [5, 5.41) is 17.9. The van der Waals surface area contributed by atoms with Crippen LogP contribution in [0.5, 0.6) is 5.75 Å². The van der Waals surface area contributed by atoms with Gasteiger partial charge in [-0.05, 0) is 37.1 Å². The van der Waals surface area contributed by atoms with Crippen LogP contribution in [0, 0.1) is 5.92 Å². The van der Waals surface area contributed by atoms with Crippen molar-refractivity contribution in [2.24, 2.45) is 5.92 Å². The van der Waals surface area contributed by atoms with Crippen molar-refractivity contribution in [3.05, 3.63) is 72.3 Å². The Bertz CT molecular complexity index is 1050. The Labute approximate surface area is 180 Å². The highest BCUT2D eigenvalue weighted by atomic mass is 32.2. The first-order valence-electron chi connectivity index (χ1n) is 9.87. The predicted molar refractivity (Wildman–Crippen MR) is 113 cm³/mol. The van der Waals surface area contributed by atoms with Crippen LogP contribution >= 0.6 is 0 Å². The number of carbonyl (C=O) groups is 2. The van der Waals surface area contributed by atoms with Gasteiger partial charge < -0.3 is 14.9 Å². The quantitative estimate of drug-likeness (QED) is 0.541. The topological polar surface area (TPSA) is 118 Å². The van der Waals surface area contributed by atoms with Crippen molar-refractivity contribution in [2.45, 2.75) is 35.5 Å². The number of rotatable bonds is 10. The fourth-order valence-electron chi connectivity index (χ4n) is 3.67. The molecule has 2 aromatic rings. The highest BCUT2D eigenvalue weighted by Gasteiger charge is 2.39. The summed E-state index contributed by atoms with van der Waals surface area (Å²) in [7, 11) is -4.06. The van der Waals surface area contributed by atoms with Gasteiger partial charge in [0.2, 0.25) is 0 Å². The number of Topliss-reactive ketones (excluding diaryl/α,β-unsaturated/α-hetero) is 1. The molecule has 0 fully saturated rings. The van der Waals surface area contributed by atoms with Gasteiger partial charge in [0.1, 0.15) is 17.6 Å². The van der Waals surface area contributed by atoms with Crippen LogP contribution in [0.3, 0.4) is 0 Å². The van der Waals surface area contributed by atoms with Gasteiger partial charge in [0.15, 0.2) is 15.6 Å². The smallest absolute Gasteiger partial charge is 0.304 e. The summed E-state index contributed by atoms with van der Waals surface area (Å²) >= 11 is 0. The molecule has 0 amide bonds. The van der Waals surface area contributed by atoms with Gasteiger partial charge in [-0.25, -0.2) is 8.42 Å². The van der Waals surface area contributed by atoms with Crippen molar-refractivity contribution in [1.29, 1.82) is 0 Å². The third-order valence-electron chi connectivity index (χ3n) is 5.31. The molecule has 3 atom stereocenters. The number of sulfone groups is 1. The fourth-order valence-corrected chi connectivity index (χ4v) is 5.37. The molecule has 8 heteroatoms. The second-order valence-electron chi connectivity index (χ2n) is 7.41. The van der Waals surface area contributed by atoms with Gasteiger partial charge in [-0.2, -0.15) is 0 Å². The number of ether oxygens (including phenoxy) is 1. The minimum Gasteiger partial charge on any atom is -0.486 e. The summed E-state index contributed by atoms with van der Waals surface area (Å²) in [5.41, 5.74) is 0.465. The number of aliphatic hydroxyl groups is 1. The summed E-state index contributed by atoms with van der Waals surface area (Å²) in [6.07, 6.45) is 0.419. The zero-order chi connectivity index (χ0) is 22.4. The van der Waals surface area contributed by atoms with E-state index in [0.29, 0.717) is 11.3 Å². The van der Waals surface area contributed by atoms with Crippen molar-refractivity contribution in [3.8, 4) is 5.75 Å². The van der Waals surface area contributed by atoms with E-state index >= 15 is 0 Å². The lowest BCUT2D eigenvalue weighted by atomic mass is 9.92. The Morgan fingerprint density at radius 3 is 2.26 bits per heavy atom. The maximum Gasteiger partial charge on any atom is 0.304 e. The minimum atomic E-state index is -4.06. The first kappa shape index (κ1) is 22.7. The number of para-hydroxylation sites is 1. The number of hydrogen-bond donors (Lipinski definition) is 2. The Morgan fingerprint density at radius 2 is 1.65 bits per heavy atom. The van der Waals surface area contributed by atoms with E-state index in [4.69, 9.17) is 9.84 Å². The summed E-state index contributed by atoms with van der Waals surface area (Å²) in [5.74, 6) is -2.03. The molecule has 0 bridgehead atoms. The number of carboxylic acid groups (broad SMARTS) is 1. The molecule has 0 aliphatic heterocycles. The van der Waals surface area contributed by atoms with Crippen LogP contribution in [0.2, 0.25) is 0 Å². The van der Waals surface area contributed by atoms with Crippen LogP contribution in [0.25, 0.3) is 0 Å². The number of carboxylic acids is 1. The van der Waals surface area contributed by atoms with E-state index in [1.165, 1.54) is 12.1 Å². The lowest BCUT2D eigenvalue weighted by Crippen LogP contribution is -2.35. The van der Waals surface area contributed by atoms with Gasteiger partial charge in [-0.1, -0.05) is 48.0 Å². The molecule has 7 nitrogen and oxygen atoms in total. The van der Waals surface area contributed by atoms with Crippen LogP contribution < -0.4 is 4.74 Å². The largest absolute Gasteiger partial charge is 0.486 e. The number of hydrogen-bond acceptors (Lipinski definition) is 6. The van der Waals surface area contributed by atoms with Crippen LogP contribution in [0.4, 0.5) is 0 Å². The molecule has 0 spiro atoms. The van der Waals surface area contributed by atoms with Crippen molar-refractivity contribution >= 4 is 21.6 Å². The van der Waals surface area contributed by atoms with E-state index in [0.717, 1.165) is 0 Å². The zero-order valence-corrected chi connectivity index (χ0v) is 17.6. The van der Waals surface area contributed by atoms with Gasteiger partial charge in [0.05, 0.1) is 17.4 Å². The lowest BCUT2D eigenvalue weighted by molar-refractivity contribution is -0.138. The van der Waals surface area contributed by atoms with Crippen LogP contribution in [0.1, 0.15) is 19.3 Å². The van der Waals surface area contributed by atoms with Gasteiger partial charge >= 0.3 is 5.97 Å². The molecule has 0 saturated heterocycles. The first-order chi connectivity index (χ1) is 14.8. The third-order valence-corrected chi connectivity index (χ3v) is 7.42. The van der Waals surface area contributed by atoms with E-state index < -0.39 is 45.5 Å². The second-order valence-corrected chi connectivity index (χ2v) is 9.54. The molecule has 1 aliphatic carbocycles. The van der Waals surface area contributed by atoms with E-state index in [1.54, 1.807) is 54.6 Å². The summed E-state index contributed by atoms with van der Waals surface area (Å²) in [6, 6.07) is 16.2. The molecular formula is C23H24O7S. The number of carbonyl (C=O) groups excluding carboxylic acids is 1. The van der Waals surface area contributed by atoms with E-state index in [9.17, 15) is 23.1 Å². The number of ketones is 1. The number of aliphatic carboxylic acids is 1. The molecule has 164 valence electrons. The van der Waals surface area contributed by atoms with Gasteiger partial charge in [-0.3, -0.25) is 9.59 Å². The van der Waals surface area contributed by atoms with Crippen LogP contribution in [-0.2, 0) is 19.4 Å². The summed E-state index contributed by atoms with van der Waals surface area (Å²) < 4.78 is 32.1. The van der Waals surface area contributed by atoms with Crippen molar-refractivity contribution < 1.29 is 33.0 Å². The van der Waals surface area contributed by atoms with Crippen molar-refractivity contribution in [1.82, 2.24) is 0 Å². The van der Waals surface area contributed by atoms with E-state index in [-0.39, 0.29) is 24.2 Å². The van der Waals surface area contributed by atoms with Gasteiger partial charge in [0, 0.05) is 5.92 Å². The highest BCUT2D eigenvalue weighted by molar-refractivity contribution is 7.92. The minimum absolute atomic E-state index is 0.00184. The maximum atomic E-state index is 13.3. The molecule has 0 radical (unpaired) electrons. The average Bonchev–Trinajstić information content (AvgIpc) is 3.10. The average molecular weight is 445 g/mol. The summed E-state index contributed by atoms with van der Waals surface area (Å²) in [4.78, 5) is 24.2. The lowest BCUT2D eigenvalue weighted by Gasteiger charge is -2.22. The van der Waals surface area contributed by atoms with Crippen LogP contribution in [0.15, 0.2) is 77.2 Å². The summed E-state index contributed by atoms with van der Waals surface area (Å²) in [6.45, 7) is -0.444. The molecule has 0 heterocycles. The molecule has 0 saturated carbocycles. The molecule has 2 aromatic carbocycles.